The molecule has 2 saturated heterocycles. The van der Waals surface area contributed by atoms with E-state index in [1.807, 2.05) is 0 Å². The van der Waals surface area contributed by atoms with Gasteiger partial charge in [-0.1, -0.05) is 0 Å². The second-order valence-electron chi connectivity index (χ2n) is 5.42. The normalized spacial score (nSPS) is 37.8. The third kappa shape index (κ3) is 2.23. The summed E-state index contributed by atoms with van der Waals surface area (Å²) in [5.74, 6) is 1.03. The van der Waals surface area contributed by atoms with Crippen molar-refractivity contribution >= 4 is 22.4 Å². The lowest BCUT2D eigenvalue weighted by Crippen LogP contribution is -2.31. The SMILES string of the molecule is Cl.O=S1(=O)CC2(CCNC2)CN1CC1CC1. The molecule has 2 heterocycles. The van der Waals surface area contributed by atoms with Crippen molar-refractivity contribution in [2.24, 2.45) is 11.3 Å². The van der Waals surface area contributed by atoms with Gasteiger partial charge >= 0.3 is 0 Å². The smallest absolute Gasteiger partial charge is 0.214 e. The highest BCUT2D eigenvalue weighted by Crippen LogP contribution is 2.39. The van der Waals surface area contributed by atoms with E-state index in [0.717, 1.165) is 32.6 Å². The summed E-state index contributed by atoms with van der Waals surface area (Å²) in [6, 6.07) is 0. The van der Waals surface area contributed by atoms with Crippen LogP contribution in [-0.4, -0.2) is 44.7 Å². The molecule has 94 valence electrons. The summed E-state index contributed by atoms with van der Waals surface area (Å²) in [4.78, 5) is 0. The van der Waals surface area contributed by atoms with Gasteiger partial charge in [0.15, 0.2) is 0 Å². The Morgan fingerprint density at radius 2 is 2.12 bits per heavy atom. The minimum absolute atomic E-state index is 0. The Hall–Kier alpha value is 0.160. The molecule has 1 atom stereocenters. The summed E-state index contributed by atoms with van der Waals surface area (Å²) >= 11 is 0. The Kier molecular flexibility index (Phi) is 3.25. The molecule has 1 spiro atoms. The van der Waals surface area contributed by atoms with Crippen molar-refractivity contribution in [2.75, 3.05) is 31.9 Å². The highest BCUT2D eigenvalue weighted by atomic mass is 35.5. The summed E-state index contributed by atoms with van der Waals surface area (Å²) in [6.45, 7) is 3.41. The molecule has 0 amide bonds. The highest BCUT2D eigenvalue weighted by Gasteiger charge is 2.49. The van der Waals surface area contributed by atoms with Crippen molar-refractivity contribution < 1.29 is 8.42 Å². The second-order valence-corrected chi connectivity index (χ2v) is 7.39. The van der Waals surface area contributed by atoms with Gasteiger partial charge in [-0.05, 0) is 31.7 Å². The van der Waals surface area contributed by atoms with Crippen molar-refractivity contribution in [3.8, 4) is 0 Å². The molecule has 3 rings (SSSR count). The molecular weight excluding hydrogens is 248 g/mol. The van der Waals surface area contributed by atoms with E-state index in [1.165, 1.54) is 12.8 Å². The summed E-state index contributed by atoms with van der Waals surface area (Å²) in [6.07, 6.45) is 3.46. The van der Waals surface area contributed by atoms with E-state index >= 15 is 0 Å². The fourth-order valence-electron chi connectivity index (χ4n) is 2.82. The molecule has 16 heavy (non-hydrogen) atoms. The van der Waals surface area contributed by atoms with Crippen LogP contribution in [0.25, 0.3) is 0 Å². The maximum atomic E-state index is 12.0. The molecule has 1 N–H and O–H groups in total. The maximum Gasteiger partial charge on any atom is 0.214 e. The maximum absolute atomic E-state index is 12.0. The molecule has 0 aromatic rings. The van der Waals surface area contributed by atoms with E-state index in [9.17, 15) is 8.42 Å². The zero-order valence-corrected chi connectivity index (χ0v) is 10.9. The van der Waals surface area contributed by atoms with Crippen LogP contribution in [0.3, 0.4) is 0 Å². The molecule has 4 nitrogen and oxygen atoms in total. The van der Waals surface area contributed by atoms with E-state index in [4.69, 9.17) is 0 Å². The minimum Gasteiger partial charge on any atom is -0.316 e. The van der Waals surface area contributed by atoms with E-state index in [2.05, 4.69) is 5.32 Å². The molecule has 0 bridgehead atoms. The standard InChI is InChI=1S/C10H18N2O2S.ClH/c13-15(14)8-10(3-4-11-6-10)7-12(15)5-9-1-2-9;/h9,11H,1-8H2;1H. The summed E-state index contributed by atoms with van der Waals surface area (Å²) in [7, 11) is -2.94. The van der Waals surface area contributed by atoms with E-state index < -0.39 is 10.0 Å². The molecule has 1 saturated carbocycles. The highest BCUT2D eigenvalue weighted by molar-refractivity contribution is 7.89. The Morgan fingerprint density at radius 3 is 2.69 bits per heavy atom. The third-order valence-electron chi connectivity index (χ3n) is 3.88. The van der Waals surface area contributed by atoms with Crippen LogP contribution >= 0.6 is 12.4 Å². The average Bonchev–Trinajstić information content (AvgIpc) is 2.79. The molecule has 1 aliphatic carbocycles. The van der Waals surface area contributed by atoms with Crippen LogP contribution in [0.5, 0.6) is 0 Å². The van der Waals surface area contributed by atoms with E-state index in [0.29, 0.717) is 11.7 Å². The Morgan fingerprint density at radius 1 is 1.38 bits per heavy atom. The lowest BCUT2D eigenvalue weighted by molar-refractivity contribution is 0.300. The molecule has 0 aromatic heterocycles. The quantitative estimate of drug-likeness (QED) is 0.789. The largest absolute Gasteiger partial charge is 0.316 e. The molecule has 2 aliphatic heterocycles. The second kappa shape index (κ2) is 4.12. The fraction of sp³-hybridized carbons (Fsp3) is 1.00. The van der Waals surface area contributed by atoms with Gasteiger partial charge in [0, 0.05) is 25.0 Å². The lowest BCUT2D eigenvalue weighted by atomic mass is 9.90. The van der Waals surface area contributed by atoms with Crippen molar-refractivity contribution in [3.63, 3.8) is 0 Å². The average molecular weight is 267 g/mol. The summed E-state index contributed by atoms with van der Waals surface area (Å²) in [5.41, 5.74) is 0.0354. The van der Waals surface area contributed by atoms with Gasteiger partial charge in [0.25, 0.3) is 0 Å². The monoisotopic (exact) mass is 266 g/mol. The summed E-state index contributed by atoms with van der Waals surface area (Å²) in [5, 5.41) is 3.29. The first kappa shape index (κ1) is 12.6. The fourth-order valence-corrected chi connectivity index (χ4v) is 5.02. The van der Waals surface area contributed by atoms with Gasteiger partial charge in [0.1, 0.15) is 0 Å². The molecular formula is C10H19ClN2O2S. The first-order chi connectivity index (χ1) is 7.10. The molecule has 0 radical (unpaired) electrons. The first-order valence-corrected chi connectivity index (χ1v) is 7.39. The Labute approximate surface area is 103 Å². The molecule has 0 aromatic carbocycles. The Balaban J connectivity index is 0.000000963. The topological polar surface area (TPSA) is 49.4 Å². The zero-order chi connectivity index (χ0) is 10.5. The molecule has 3 fully saturated rings. The van der Waals surface area contributed by atoms with E-state index in [1.54, 1.807) is 4.31 Å². The Bertz CT molecular complexity index is 361. The van der Waals surface area contributed by atoms with Crippen LogP contribution in [0.4, 0.5) is 0 Å². The van der Waals surface area contributed by atoms with Crippen molar-refractivity contribution in [2.45, 2.75) is 19.3 Å². The van der Waals surface area contributed by atoms with Crippen molar-refractivity contribution in [1.82, 2.24) is 9.62 Å². The van der Waals surface area contributed by atoms with Gasteiger partial charge in [0.05, 0.1) is 5.75 Å². The minimum atomic E-state index is -2.94. The predicted octanol–water partition coefficient (Wildman–Crippen LogP) is 0.443. The summed E-state index contributed by atoms with van der Waals surface area (Å²) < 4.78 is 25.7. The van der Waals surface area contributed by atoms with Gasteiger partial charge in [-0.3, -0.25) is 0 Å². The van der Waals surface area contributed by atoms with Gasteiger partial charge in [-0.25, -0.2) is 12.7 Å². The first-order valence-electron chi connectivity index (χ1n) is 5.78. The lowest BCUT2D eigenvalue weighted by Gasteiger charge is -2.19. The number of halogens is 1. The van der Waals surface area contributed by atoms with Crippen molar-refractivity contribution in [1.29, 1.82) is 0 Å². The molecule has 1 unspecified atom stereocenters. The third-order valence-corrected chi connectivity index (χ3v) is 5.93. The van der Waals surface area contributed by atoms with Gasteiger partial charge in [-0.15, -0.1) is 12.4 Å². The number of nitrogens with one attached hydrogen (secondary N) is 1. The van der Waals surface area contributed by atoms with Crippen LogP contribution in [0.2, 0.25) is 0 Å². The van der Waals surface area contributed by atoms with Crippen molar-refractivity contribution in [3.05, 3.63) is 0 Å². The predicted molar refractivity (Wildman–Crippen MR) is 65.3 cm³/mol. The van der Waals surface area contributed by atoms with Crippen LogP contribution in [0, 0.1) is 11.3 Å². The number of nitrogens with zero attached hydrogens (tertiary/aromatic N) is 1. The van der Waals surface area contributed by atoms with Crippen LogP contribution in [-0.2, 0) is 10.0 Å². The van der Waals surface area contributed by atoms with E-state index in [-0.39, 0.29) is 17.8 Å². The van der Waals surface area contributed by atoms with Crippen LogP contribution in [0.15, 0.2) is 0 Å². The zero-order valence-electron chi connectivity index (χ0n) is 9.31. The van der Waals surface area contributed by atoms with Crippen LogP contribution in [0.1, 0.15) is 19.3 Å². The number of hydrogen-bond acceptors (Lipinski definition) is 3. The number of rotatable bonds is 2. The van der Waals surface area contributed by atoms with Crippen LogP contribution < -0.4 is 5.32 Å². The number of hydrogen-bond donors (Lipinski definition) is 1. The van der Waals surface area contributed by atoms with Gasteiger partial charge < -0.3 is 5.32 Å². The molecule has 6 heteroatoms. The number of sulfonamides is 1. The van der Waals surface area contributed by atoms with Gasteiger partial charge in [0.2, 0.25) is 10.0 Å². The van der Waals surface area contributed by atoms with Gasteiger partial charge in [-0.2, -0.15) is 0 Å². The molecule has 3 aliphatic rings.